The van der Waals surface area contributed by atoms with E-state index in [2.05, 4.69) is 10.3 Å². The Labute approximate surface area is 116 Å². The highest BCUT2D eigenvalue weighted by Crippen LogP contribution is 2.21. The summed E-state index contributed by atoms with van der Waals surface area (Å²) in [5, 5.41) is 5.91. The predicted octanol–water partition coefficient (Wildman–Crippen LogP) is 3.65. The largest absolute Gasteiger partial charge is 0.459 e. The Bertz CT molecular complexity index is 549. The van der Waals surface area contributed by atoms with E-state index >= 15 is 0 Å². The van der Waals surface area contributed by atoms with Crippen molar-refractivity contribution in [3.8, 4) is 0 Å². The van der Waals surface area contributed by atoms with Crippen LogP contribution < -0.4 is 5.32 Å². The topological polar surface area (TPSA) is 51.2 Å². The number of aryl methyl sites for hydroxylation is 1. The molecule has 0 radical (unpaired) electrons. The number of thiazole rings is 1. The summed E-state index contributed by atoms with van der Waals surface area (Å²) in [6, 6.07) is 8.10. The van der Waals surface area contributed by atoms with Gasteiger partial charge in [0.2, 0.25) is 0 Å². The van der Waals surface area contributed by atoms with Gasteiger partial charge in [-0.25, -0.2) is 4.98 Å². The van der Waals surface area contributed by atoms with Gasteiger partial charge in [-0.3, -0.25) is 4.79 Å². The minimum absolute atomic E-state index is 0.207. The van der Waals surface area contributed by atoms with Crippen LogP contribution in [0.5, 0.6) is 0 Å². The molecular formula is C14H16N2O2S. The fourth-order valence-corrected chi connectivity index (χ4v) is 2.16. The zero-order chi connectivity index (χ0) is 13.7. The Kier molecular flexibility index (Phi) is 4.52. The number of carbonyl (C=O) groups excluding carboxylic acids is 1. The fourth-order valence-electron chi connectivity index (χ4n) is 1.45. The van der Waals surface area contributed by atoms with E-state index in [1.807, 2.05) is 36.6 Å². The third kappa shape index (κ3) is 4.06. The van der Waals surface area contributed by atoms with Crippen LogP contribution in [0.2, 0.25) is 0 Å². The number of ether oxygens (including phenoxy) is 1. The van der Waals surface area contributed by atoms with Crippen molar-refractivity contribution in [1.29, 1.82) is 0 Å². The lowest BCUT2D eigenvalue weighted by Gasteiger charge is -2.02. The van der Waals surface area contributed by atoms with Crippen molar-refractivity contribution in [3.63, 3.8) is 0 Å². The van der Waals surface area contributed by atoms with Crippen LogP contribution in [0.1, 0.15) is 24.6 Å². The zero-order valence-corrected chi connectivity index (χ0v) is 11.8. The molecule has 0 saturated carbocycles. The molecule has 4 nitrogen and oxygen atoms in total. The standard InChI is InChI=1S/C14H16N2O2S/c1-3-13(17)18-8-12-9-19-14(16-12)15-11-6-4-10(2)5-7-11/h4-7,9H,3,8H2,1-2H3,(H,15,16). The molecule has 0 amide bonds. The van der Waals surface area contributed by atoms with Crippen molar-refractivity contribution in [1.82, 2.24) is 4.98 Å². The van der Waals surface area contributed by atoms with Crippen molar-refractivity contribution >= 4 is 28.1 Å². The van der Waals surface area contributed by atoms with Crippen molar-refractivity contribution in [3.05, 3.63) is 40.9 Å². The molecule has 0 aliphatic rings. The van der Waals surface area contributed by atoms with E-state index < -0.39 is 0 Å². The molecule has 0 aliphatic carbocycles. The molecule has 0 spiro atoms. The van der Waals surface area contributed by atoms with E-state index in [1.54, 1.807) is 6.92 Å². The first-order valence-electron chi connectivity index (χ1n) is 6.11. The van der Waals surface area contributed by atoms with Crippen LogP contribution in [0.4, 0.5) is 10.8 Å². The van der Waals surface area contributed by atoms with Crippen molar-refractivity contribution in [2.45, 2.75) is 26.9 Å². The van der Waals surface area contributed by atoms with Crippen LogP contribution >= 0.6 is 11.3 Å². The van der Waals surface area contributed by atoms with E-state index in [1.165, 1.54) is 16.9 Å². The van der Waals surface area contributed by atoms with Gasteiger partial charge in [-0.05, 0) is 19.1 Å². The van der Waals surface area contributed by atoms with Gasteiger partial charge < -0.3 is 10.1 Å². The van der Waals surface area contributed by atoms with E-state index in [0.29, 0.717) is 6.42 Å². The maximum Gasteiger partial charge on any atom is 0.305 e. The average Bonchev–Trinajstić information content (AvgIpc) is 2.86. The van der Waals surface area contributed by atoms with Crippen LogP contribution in [0.25, 0.3) is 0 Å². The monoisotopic (exact) mass is 276 g/mol. The smallest absolute Gasteiger partial charge is 0.305 e. The molecule has 5 heteroatoms. The molecule has 2 aromatic rings. The molecule has 2 rings (SSSR count). The highest BCUT2D eigenvalue weighted by molar-refractivity contribution is 7.13. The van der Waals surface area contributed by atoms with Gasteiger partial charge >= 0.3 is 5.97 Å². The number of carbonyl (C=O) groups is 1. The van der Waals surface area contributed by atoms with E-state index in [4.69, 9.17) is 4.74 Å². The third-order valence-corrected chi connectivity index (χ3v) is 3.33. The molecule has 100 valence electrons. The summed E-state index contributed by atoms with van der Waals surface area (Å²) >= 11 is 1.49. The molecule has 0 unspecified atom stereocenters. The molecule has 0 bridgehead atoms. The molecular weight excluding hydrogens is 260 g/mol. The fraction of sp³-hybridized carbons (Fsp3) is 0.286. The summed E-state index contributed by atoms with van der Waals surface area (Å²) in [4.78, 5) is 15.4. The van der Waals surface area contributed by atoms with Gasteiger partial charge in [-0.1, -0.05) is 24.6 Å². The number of benzene rings is 1. The second kappa shape index (κ2) is 6.33. The highest BCUT2D eigenvalue weighted by atomic mass is 32.1. The van der Waals surface area contributed by atoms with Gasteiger partial charge in [0, 0.05) is 17.5 Å². The van der Waals surface area contributed by atoms with E-state index in [9.17, 15) is 4.79 Å². The molecule has 0 saturated heterocycles. The Balaban J connectivity index is 1.93. The Morgan fingerprint density at radius 2 is 2.11 bits per heavy atom. The van der Waals surface area contributed by atoms with Gasteiger partial charge in [0.05, 0.1) is 5.69 Å². The Morgan fingerprint density at radius 1 is 1.37 bits per heavy atom. The van der Waals surface area contributed by atoms with Crippen LogP contribution in [0.15, 0.2) is 29.6 Å². The van der Waals surface area contributed by atoms with Gasteiger partial charge in [-0.15, -0.1) is 11.3 Å². The first kappa shape index (κ1) is 13.5. The summed E-state index contributed by atoms with van der Waals surface area (Å²) in [5.74, 6) is -0.207. The van der Waals surface area contributed by atoms with Crippen LogP contribution in [-0.2, 0) is 16.1 Å². The summed E-state index contributed by atoms with van der Waals surface area (Å²) in [5.41, 5.74) is 2.98. The first-order chi connectivity index (χ1) is 9.17. The first-order valence-corrected chi connectivity index (χ1v) is 6.99. The maximum atomic E-state index is 11.1. The van der Waals surface area contributed by atoms with Gasteiger partial charge in [0.15, 0.2) is 5.13 Å². The number of nitrogens with zero attached hydrogens (tertiary/aromatic N) is 1. The second-order valence-corrected chi connectivity index (χ2v) is 5.01. The minimum Gasteiger partial charge on any atom is -0.459 e. The SMILES string of the molecule is CCC(=O)OCc1csc(Nc2ccc(C)cc2)n1. The Hall–Kier alpha value is -1.88. The number of nitrogens with one attached hydrogen (secondary N) is 1. The quantitative estimate of drug-likeness (QED) is 0.847. The molecule has 19 heavy (non-hydrogen) atoms. The number of aromatic nitrogens is 1. The summed E-state index contributed by atoms with van der Waals surface area (Å²) in [7, 11) is 0. The van der Waals surface area contributed by atoms with Gasteiger partial charge in [0.1, 0.15) is 6.61 Å². The molecule has 0 atom stereocenters. The summed E-state index contributed by atoms with van der Waals surface area (Å²) in [6.07, 6.45) is 0.388. The molecule has 1 heterocycles. The van der Waals surface area contributed by atoms with Crippen molar-refractivity contribution in [2.24, 2.45) is 0 Å². The number of esters is 1. The lowest BCUT2D eigenvalue weighted by Crippen LogP contribution is -2.02. The second-order valence-electron chi connectivity index (χ2n) is 4.15. The molecule has 0 fully saturated rings. The van der Waals surface area contributed by atoms with E-state index in [-0.39, 0.29) is 12.6 Å². The van der Waals surface area contributed by atoms with Gasteiger partial charge in [-0.2, -0.15) is 0 Å². The lowest BCUT2D eigenvalue weighted by molar-refractivity contribution is -0.144. The third-order valence-electron chi connectivity index (χ3n) is 2.52. The molecule has 1 aromatic heterocycles. The van der Waals surface area contributed by atoms with E-state index in [0.717, 1.165) is 16.5 Å². The van der Waals surface area contributed by atoms with Gasteiger partial charge in [0.25, 0.3) is 0 Å². The lowest BCUT2D eigenvalue weighted by atomic mass is 10.2. The maximum absolute atomic E-state index is 11.1. The van der Waals surface area contributed by atoms with Crippen molar-refractivity contribution in [2.75, 3.05) is 5.32 Å². The van der Waals surface area contributed by atoms with Crippen LogP contribution in [0, 0.1) is 6.92 Å². The molecule has 1 aromatic carbocycles. The molecule has 1 N–H and O–H groups in total. The zero-order valence-electron chi connectivity index (χ0n) is 11.0. The normalized spacial score (nSPS) is 10.2. The average molecular weight is 276 g/mol. The summed E-state index contributed by atoms with van der Waals surface area (Å²) in [6.45, 7) is 4.06. The van der Waals surface area contributed by atoms with Crippen molar-refractivity contribution < 1.29 is 9.53 Å². The number of hydrogen-bond donors (Lipinski definition) is 1. The Morgan fingerprint density at radius 3 is 2.79 bits per heavy atom. The summed E-state index contributed by atoms with van der Waals surface area (Å²) < 4.78 is 5.03. The number of anilines is 2. The van der Waals surface area contributed by atoms with Crippen LogP contribution in [-0.4, -0.2) is 11.0 Å². The van der Waals surface area contributed by atoms with Crippen LogP contribution in [0.3, 0.4) is 0 Å². The highest BCUT2D eigenvalue weighted by Gasteiger charge is 2.05. The predicted molar refractivity (Wildman–Crippen MR) is 76.7 cm³/mol. The number of hydrogen-bond acceptors (Lipinski definition) is 5. The molecule has 0 aliphatic heterocycles. The minimum atomic E-state index is -0.207. The number of rotatable bonds is 5.